The highest BCUT2D eigenvalue weighted by molar-refractivity contribution is 5.95. The molecule has 0 bridgehead atoms. The molecule has 0 saturated heterocycles. The predicted octanol–water partition coefficient (Wildman–Crippen LogP) is 3.57. The van der Waals surface area contributed by atoms with Crippen molar-refractivity contribution in [3.05, 3.63) is 63.2 Å². The van der Waals surface area contributed by atoms with Crippen molar-refractivity contribution in [2.45, 2.75) is 20.8 Å². The van der Waals surface area contributed by atoms with E-state index in [2.05, 4.69) is 10.6 Å². The first-order valence-corrected chi connectivity index (χ1v) is 7.23. The van der Waals surface area contributed by atoms with Crippen LogP contribution < -0.4 is 10.6 Å². The van der Waals surface area contributed by atoms with Gasteiger partial charge in [-0.2, -0.15) is 0 Å². The van der Waals surface area contributed by atoms with Crippen molar-refractivity contribution in [1.82, 2.24) is 0 Å². The van der Waals surface area contributed by atoms with E-state index in [1.807, 2.05) is 32.0 Å². The Bertz CT molecular complexity index is 757. The van der Waals surface area contributed by atoms with Gasteiger partial charge in [-0.25, -0.2) is 0 Å². The van der Waals surface area contributed by atoms with E-state index in [1.165, 1.54) is 6.07 Å². The summed E-state index contributed by atoms with van der Waals surface area (Å²) in [5, 5.41) is 16.7. The standard InChI is InChI=1S/C17H19N3O3/c1-11-7-8-15(16(9-11)20(22)23)19-17(21)10-18-14-6-4-5-12(2)13(14)3/h4-9,18H,10H2,1-3H3,(H,19,21). The number of nitro groups is 1. The molecule has 0 heterocycles. The molecule has 2 rings (SSSR count). The van der Waals surface area contributed by atoms with Gasteiger partial charge in [0.2, 0.25) is 5.91 Å². The molecule has 6 nitrogen and oxygen atoms in total. The fourth-order valence-corrected chi connectivity index (χ4v) is 2.21. The van der Waals surface area contributed by atoms with Crippen LogP contribution in [0.4, 0.5) is 17.1 Å². The number of carbonyl (C=O) groups is 1. The summed E-state index contributed by atoms with van der Waals surface area (Å²) in [6.45, 7) is 5.77. The summed E-state index contributed by atoms with van der Waals surface area (Å²) in [6, 6.07) is 10.5. The molecule has 23 heavy (non-hydrogen) atoms. The number of nitro benzene ring substituents is 1. The van der Waals surface area contributed by atoms with E-state index in [9.17, 15) is 14.9 Å². The Hall–Kier alpha value is -2.89. The lowest BCUT2D eigenvalue weighted by Crippen LogP contribution is -2.22. The van der Waals surface area contributed by atoms with Crippen LogP contribution in [-0.2, 0) is 4.79 Å². The van der Waals surface area contributed by atoms with Crippen molar-refractivity contribution < 1.29 is 9.72 Å². The van der Waals surface area contributed by atoms with Crippen LogP contribution in [0.1, 0.15) is 16.7 Å². The van der Waals surface area contributed by atoms with E-state index in [4.69, 9.17) is 0 Å². The van der Waals surface area contributed by atoms with Crippen LogP contribution in [0, 0.1) is 30.9 Å². The number of rotatable bonds is 5. The zero-order valence-electron chi connectivity index (χ0n) is 13.3. The lowest BCUT2D eigenvalue weighted by molar-refractivity contribution is -0.384. The molecule has 0 spiro atoms. The fourth-order valence-electron chi connectivity index (χ4n) is 2.21. The number of aryl methyl sites for hydroxylation is 2. The van der Waals surface area contributed by atoms with E-state index in [0.717, 1.165) is 22.4 Å². The summed E-state index contributed by atoms with van der Waals surface area (Å²) in [5.74, 6) is -0.335. The highest BCUT2D eigenvalue weighted by Crippen LogP contribution is 2.25. The van der Waals surface area contributed by atoms with E-state index >= 15 is 0 Å². The number of nitrogens with zero attached hydrogens (tertiary/aromatic N) is 1. The molecular weight excluding hydrogens is 294 g/mol. The molecule has 0 aromatic heterocycles. The van der Waals surface area contributed by atoms with Crippen molar-refractivity contribution in [3.8, 4) is 0 Å². The number of hydrogen-bond donors (Lipinski definition) is 2. The van der Waals surface area contributed by atoms with Crippen molar-refractivity contribution in [3.63, 3.8) is 0 Å². The second kappa shape index (κ2) is 6.91. The zero-order valence-corrected chi connectivity index (χ0v) is 13.3. The first-order valence-electron chi connectivity index (χ1n) is 7.23. The van der Waals surface area contributed by atoms with E-state index < -0.39 is 4.92 Å². The third-order valence-corrected chi connectivity index (χ3v) is 3.67. The third-order valence-electron chi connectivity index (χ3n) is 3.67. The van der Waals surface area contributed by atoms with Crippen LogP contribution in [0.5, 0.6) is 0 Å². The van der Waals surface area contributed by atoms with Gasteiger partial charge in [0.1, 0.15) is 5.69 Å². The number of anilines is 2. The second-order valence-corrected chi connectivity index (χ2v) is 5.43. The van der Waals surface area contributed by atoms with E-state index in [1.54, 1.807) is 19.1 Å². The van der Waals surface area contributed by atoms with Crippen molar-refractivity contribution >= 4 is 23.0 Å². The molecule has 0 unspecified atom stereocenters. The minimum Gasteiger partial charge on any atom is -0.376 e. The van der Waals surface area contributed by atoms with Gasteiger partial charge < -0.3 is 10.6 Å². The zero-order chi connectivity index (χ0) is 17.0. The number of benzene rings is 2. The summed E-state index contributed by atoms with van der Waals surface area (Å²) in [6.07, 6.45) is 0. The topological polar surface area (TPSA) is 84.3 Å². The molecule has 120 valence electrons. The molecular formula is C17H19N3O3. The van der Waals surface area contributed by atoms with Gasteiger partial charge in [0.25, 0.3) is 5.69 Å². The van der Waals surface area contributed by atoms with Gasteiger partial charge in [-0.15, -0.1) is 0 Å². The summed E-state index contributed by atoms with van der Waals surface area (Å²) in [4.78, 5) is 22.6. The summed E-state index contributed by atoms with van der Waals surface area (Å²) >= 11 is 0. The molecule has 2 aromatic carbocycles. The summed E-state index contributed by atoms with van der Waals surface area (Å²) in [7, 11) is 0. The van der Waals surface area contributed by atoms with Gasteiger partial charge in [0.15, 0.2) is 0 Å². The Morgan fingerprint density at radius 3 is 2.57 bits per heavy atom. The predicted molar refractivity (Wildman–Crippen MR) is 90.9 cm³/mol. The number of amides is 1. The SMILES string of the molecule is Cc1ccc(NC(=O)CNc2cccc(C)c2C)c([N+](=O)[O-])c1. The van der Waals surface area contributed by atoms with Crippen molar-refractivity contribution in [1.29, 1.82) is 0 Å². The van der Waals surface area contributed by atoms with Gasteiger partial charge >= 0.3 is 0 Å². The lowest BCUT2D eigenvalue weighted by atomic mass is 10.1. The van der Waals surface area contributed by atoms with Gasteiger partial charge in [0, 0.05) is 11.8 Å². The minimum atomic E-state index is -0.499. The van der Waals surface area contributed by atoms with Gasteiger partial charge in [-0.3, -0.25) is 14.9 Å². The van der Waals surface area contributed by atoms with Gasteiger partial charge in [-0.05, 0) is 49.6 Å². The quantitative estimate of drug-likeness (QED) is 0.653. The third kappa shape index (κ3) is 4.06. The smallest absolute Gasteiger partial charge is 0.293 e. The normalized spacial score (nSPS) is 10.2. The van der Waals surface area contributed by atoms with Crippen molar-refractivity contribution in [2.75, 3.05) is 17.2 Å². The molecule has 0 atom stereocenters. The Kier molecular flexibility index (Phi) is 4.95. The van der Waals surface area contributed by atoms with Crippen LogP contribution in [-0.4, -0.2) is 17.4 Å². The number of hydrogen-bond acceptors (Lipinski definition) is 4. The average molecular weight is 313 g/mol. The Balaban J connectivity index is 2.06. The molecule has 0 aliphatic rings. The maximum Gasteiger partial charge on any atom is 0.293 e. The maximum atomic E-state index is 12.0. The molecule has 0 fully saturated rings. The Labute approximate surface area is 134 Å². The average Bonchev–Trinajstić information content (AvgIpc) is 2.50. The Morgan fingerprint density at radius 1 is 1.13 bits per heavy atom. The molecule has 2 N–H and O–H groups in total. The second-order valence-electron chi connectivity index (χ2n) is 5.43. The first-order chi connectivity index (χ1) is 10.9. The van der Waals surface area contributed by atoms with Gasteiger partial charge in [0.05, 0.1) is 11.5 Å². The number of nitrogens with one attached hydrogen (secondary N) is 2. The highest BCUT2D eigenvalue weighted by atomic mass is 16.6. The molecule has 0 radical (unpaired) electrons. The van der Waals surface area contributed by atoms with Crippen LogP contribution >= 0.6 is 0 Å². The molecule has 1 amide bonds. The highest BCUT2D eigenvalue weighted by Gasteiger charge is 2.15. The fraction of sp³-hybridized carbons (Fsp3) is 0.235. The van der Waals surface area contributed by atoms with Crippen LogP contribution in [0.25, 0.3) is 0 Å². The van der Waals surface area contributed by atoms with E-state index in [-0.39, 0.29) is 23.8 Å². The maximum absolute atomic E-state index is 12.0. The largest absolute Gasteiger partial charge is 0.376 e. The van der Waals surface area contributed by atoms with Crippen LogP contribution in [0.15, 0.2) is 36.4 Å². The summed E-state index contributed by atoms with van der Waals surface area (Å²) in [5.41, 5.74) is 3.94. The monoisotopic (exact) mass is 313 g/mol. The Morgan fingerprint density at radius 2 is 1.87 bits per heavy atom. The minimum absolute atomic E-state index is 0.0370. The first kappa shape index (κ1) is 16.5. The van der Waals surface area contributed by atoms with Crippen LogP contribution in [0.3, 0.4) is 0 Å². The molecule has 0 aliphatic heterocycles. The van der Waals surface area contributed by atoms with Gasteiger partial charge in [-0.1, -0.05) is 18.2 Å². The molecule has 2 aromatic rings. The summed E-state index contributed by atoms with van der Waals surface area (Å²) < 4.78 is 0. The molecule has 0 aliphatic carbocycles. The van der Waals surface area contributed by atoms with Crippen LogP contribution in [0.2, 0.25) is 0 Å². The molecule has 6 heteroatoms. The lowest BCUT2D eigenvalue weighted by Gasteiger charge is -2.12. The van der Waals surface area contributed by atoms with Crippen molar-refractivity contribution in [2.24, 2.45) is 0 Å². The molecule has 0 saturated carbocycles. The van der Waals surface area contributed by atoms with E-state index in [0.29, 0.717) is 0 Å². The number of carbonyl (C=O) groups excluding carboxylic acids is 1.